The van der Waals surface area contributed by atoms with E-state index in [0.29, 0.717) is 0 Å². The quantitative estimate of drug-likeness (QED) is 0.627. The zero-order chi connectivity index (χ0) is 18.5. The van der Waals surface area contributed by atoms with Crippen LogP contribution < -0.4 is 0 Å². The van der Waals surface area contributed by atoms with Crippen LogP contribution in [0.15, 0.2) is 54.6 Å². The van der Waals surface area contributed by atoms with Crippen LogP contribution in [0, 0.1) is 0 Å². The van der Waals surface area contributed by atoms with Crippen molar-refractivity contribution in [2.45, 2.75) is 37.1 Å². The fourth-order valence-corrected chi connectivity index (χ4v) is 2.99. The Morgan fingerprint density at radius 2 is 1.50 bits per heavy atom. The Hall–Kier alpha value is -1.80. The molecule has 0 spiro atoms. The average molecular weight is 360 g/mol. The highest BCUT2D eigenvalue weighted by Gasteiger charge is 2.40. The molecule has 140 valence electrons. The van der Waals surface area contributed by atoms with Crippen LogP contribution in [0.4, 0.5) is 0 Å². The molecule has 1 aliphatic rings. The number of ether oxygens (including phenoxy) is 2. The largest absolute Gasteiger partial charge is 0.394 e. The van der Waals surface area contributed by atoms with Crippen molar-refractivity contribution in [2.24, 2.45) is 0 Å². The van der Waals surface area contributed by atoms with Crippen molar-refractivity contribution in [1.82, 2.24) is 0 Å². The molecular formula is C20H24O6. The van der Waals surface area contributed by atoms with Gasteiger partial charge in [-0.3, -0.25) is 0 Å². The number of rotatable bonds is 5. The van der Waals surface area contributed by atoms with E-state index >= 15 is 0 Å². The summed E-state index contributed by atoms with van der Waals surface area (Å²) in [6.07, 6.45) is -5.86. The Labute approximate surface area is 152 Å². The first kappa shape index (κ1) is 19.0. The zero-order valence-corrected chi connectivity index (χ0v) is 14.3. The molecule has 0 aromatic heterocycles. The summed E-state index contributed by atoms with van der Waals surface area (Å²) in [6, 6.07) is 17.9. The van der Waals surface area contributed by atoms with Crippen LogP contribution in [0.1, 0.15) is 5.56 Å². The van der Waals surface area contributed by atoms with Gasteiger partial charge in [0.1, 0.15) is 30.5 Å². The summed E-state index contributed by atoms with van der Waals surface area (Å²) in [6.45, 7) is -0.242. The second kappa shape index (κ2) is 8.73. The minimum atomic E-state index is -1.44. The van der Waals surface area contributed by atoms with Gasteiger partial charge in [0.15, 0.2) is 0 Å². The Morgan fingerprint density at radius 1 is 0.846 bits per heavy atom. The molecule has 0 aliphatic carbocycles. The van der Waals surface area contributed by atoms with E-state index in [2.05, 4.69) is 0 Å². The van der Waals surface area contributed by atoms with E-state index in [1.165, 1.54) is 0 Å². The molecule has 0 unspecified atom stereocenters. The normalized spacial score (nSPS) is 29.3. The number of hydrogen-bond acceptors (Lipinski definition) is 6. The van der Waals surface area contributed by atoms with Crippen molar-refractivity contribution in [3.05, 3.63) is 60.2 Å². The van der Waals surface area contributed by atoms with E-state index in [1.807, 2.05) is 54.6 Å². The van der Waals surface area contributed by atoms with Gasteiger partial charge < -0.3 is 29.9 Å². The van der Waals surface area contributed by atoms with Crippen molar-refractivity contribution in [2.75, 3.05) is 13.2 Å². The number of hydrogen-bond donors (Lipinski definition) is 4. The van der Waals surface area contributed by atoms with Gasteiger partial charge >= 0.3 is 0 Å². The lowest BCUT2D eigenvalue weighted by atomic mass is 10.0. The molecule has 1 heterocycles. The maximum absolute atomic E-state index is 10.2. The first-order valence-corrected chi connectivity index (χ1v) is 8.63. The highest BCUT2D eigenvalue weighted by molar-refractivity contribution is 5.63. The van der Waals surface area contributed by atoms with Crippen molar-refractivity contribution >= 4 is 0 Å². The molecule has 0 amide bonds. The molecule has 5 atom stereocenters. The standard InChI is InChI=1S/C20H24O6/c21-10-16-18(22)20(24)19(23)17(12-26-16)25-11-13-6-8-15(9-7-13)14-4-2-1-3-5-14/h1-9,16-24H,10-12H2/t16-,17+,18-,19-,20+/m1/s1. The molecule has 2 aromatic rings. The molecule has 2 aromatic carbocycles. The van der Waals surface area contributed by atoms with Crippen molar-refractivity contribution < 1.29 is 29.9 Å². The Kier molecular flexibility index (Phi) is 6.37. The molecule has 26 heavy (non-hydrogen) atoms. The summed E-state index contributed by atoms with van der Waals surface area (Å²) < 4.78 is 11.0. The van der Waals surface area contributed by atoms with E-state index in [4.69, 9.17) is 9.47 Å². The molecule has 4 N–H and O–H groups in total. The van der Waals surface area contributed by atoms with E-state index in [9.17, 15) is 20.4 Å². The van der Waals surface area contributed by atoms with Crippen LogP contribution >= 0.6 is 0 Å². The van der Waals surface area contributed by atoms with Gasteiger partial charge in [-0.2, -0.15) is 0 Å². The molecule has 1 fully saturated rings. The predicted molar refractivity (Wildman–Crippen MR) is 95.3 cm³/mol. The lowest BCUT2D eigenvalue weighted by molar-refractivity contribution is -0.118. The Balaban J connectivity index is 1.61. The summed E-state index contributed by atoms with van der Waals surface area (Å²) >= 11 is 0. The smallest absolute Gasteiger partial charge is 0.111 e. The summed E-state index contributed by atoms with van der Waals surface area (Å²) in [5, 5.41) is 39.2. The summed E-state index contributed by atoms with van der Waals surface area (Å²) in [5.41, 5.74) is 3.13. The third-order valence-corrected chi connectivity index (χ3v) is 4.64. The number of aliphatic hydroxyl groups is 4. The molecule has 1 aliphatic heterocycles. The van der Waals surface area contributed by atoms with Gasteiger partial charge in [0.05, 0.1) is 19.8 Å². The van der Waals surface area contributed by atoms with Gasteiger partial charge in [-0.15, -0.1) is 0 Å². The molecule has 0 bridgehead atoms. The maximum Gasteiger partial charge on any atom is 0.111 e. The molecule has 6 heteroatoms. The molecule has 1 saturated heterocycles. The van der Waals surface area contributed by atoms with Crippen molar-refractivity contribution in [1.29, 1.82) is 0 Å². The first-order chi connectivity index (χ1) is 12.6. The third kappa shape index (κ3) is 4.29. The van der Waals surface area contributed by atoms with Gasteiger partial charge in [0.2, 0.25) is 0 Å². The first-order valence-electron chi connectivity index (χ1n) is 8.63. The number of benzene rings is 2. The fourth-order valence-electron chi connectivity index (χ4n) is 2.99. The summed E-state index contributed by atoms with van der Waals surface area (Å²) in [5.74, 6) is 0. The second-order valence-electron chi connectivity index (χ2n) is 6.44. The topological polar surface area (TPSA) is 99.4 Å². The highest BCUT2D eigenvalue weighted by Crippen LogP contribution is 2.22. The second-order valence-corrected chi connectivity index (χ2v) is 6.44. The van der Waals surface area contributed by atoms with Crippen LogP contribution in [0.3, 0.4) is 0 Å². The van der Waals surface area contributed by atoms with Crippen LogP contribution in [-0.4, -0.2) is 64.2 Å². The molecular weight excluding hydrogens is 336 g/mol. The average Bonchev–Trinajstić information content (AvgIpc) is 2.79. The Bertz CT molecular complexity index is 674. The fraction of sp³-hybridized carbons (Fsp3) is 0.400. The predicted octanol–water partition coefficient (Wildman–Crippen LogP) is 0.713. The van der Waals surface area contributed by atoms with Gasteiger partial charge in [-0.1, -0.05) is 54.6 Å². The minimum absolute atomic E-state index is 0.0252. The maximum atomic E-state index is 10.2. The highest BCUT2D eigenvalue weighted by atomic mass is 16.6. The van der Waals surface area contributed by atoms with Gasteiger partial charge in [0, 0.05) is 0 Å². The molecule has 6 nitrogen and oxygen atoms in total. The van der Waals surface area contributed by atoms with E-state index in [1.54, 1.807) is 0 Å². The van der Waals surface area contributed by atoms with Gasteiger partial charge in [0.25, 0.3) is 0 Å². The van der Waals surface area contributed by atoms with Crippen LogP contribution in [0.5, 0.6) is 0 Å². The van der Waals surface area contributed by atoms with E-state index in [-0.39, 0.29) is 13.2 Å². The van der Waals surface area contributed by atoms with Gasteiger partial charge in [-0.05, 0) is 16.7 Å². The summed E-state index contributed by atoms with van der Waals surface area (Å²) in [4.78, 5) is 0. The van der Waals surface area contributed by atoms with Crippen molar-refractivity contribution in [3.63, 3.8) is 0 Å². The van der Waals surface area contributed by atoms with E-state index in [0.717, 1.165) is 16.7 Å². The zero-order valence-electron chi connectivity index (χ0n) is 14.3. The van der Waals surface area contributed by atoms with Crippen LogP contribution in [0.25, 0.3) is 11.1 Å². The Morgan fingerprint density at radius 3 is 2.15 bits per heavy atom. The van der Waals surface area contributed by atoms with Crippen LogP contribution in [-0.2, 0) is 16.1 Å². The van der Waals surface area contributed by atoms with E-state index < -0.39 is 37.1 Å². The molecule has 0 radical (unpaired) electrons. The lowest BCUT2D eigenvalue weighted by Crippen LogP contribution is -2.47. The minimum Gasteiger partial charge on any atom is -0.394 e. The third-order valence-electron chi connectivity index (χ3n) is 4.64. The summed E-state index contributed by atoms with van der Waals surface area (Å²) in [7, 11) is 0. The van der Waals surface area contributed by atoms with Crippen LogP contribution in [0.2, 0.25) is 0 Å². The number of aliphatic hydroxyl groups excluding tert-OH is 4. The molecule has 3 rings (SSSR count). The SMILES string of the molecule is OC[C@H]1OC[C@H](OCc2ccc(-c3ccccc3)cc2)[C@@H](O)[C@@H](O)[C@@H]1O. The lowest BCUT2D eigenvalue weighted by Gasteiger charge is -2.25. The van der Waals surface area contributed by atoms with Gasteiger partial charge in [-0.25, -0.2) is 0 Å². The monoisotopic (exact) mass is 360 g/mol. The van der Waals surface area contributed by atoms with Crippen molar-refractivity contribution in [3.8, 4) is 11.1 Å². The molecule has 0 saturated carbocycles.